The molecule has 0 aromatic carbocycles. The van der Waals surface area contributed by atoms with Crippen molar-refractivity contribution < 1.29 is 0 Å². The molecule has 1 aliphatic carbocycles. The highest BCUT2D eigenvalue weighted by atomic mass is 15.2. The molecule has 0 amide bonds. The molecule has 1 N–H and O–H groups in total. The zero-order chi connectivity index (χ0) is 10.9. The van der Waals surface area contributed by atoms with Crippen molar-refractivity contribution in [3.05, 3.63) is 0 Å². The normalized spacial score (nSPS) is 36.6. The molecule has 0 saturated heterocycles. The Morgan fingerprint density at radius 3 is 2.21 bits per heavy atom. The molecule has 0 spiro atoms. The molecule has 0 bridgehead atoms. The average molecular weight is 198 g/mol. The van der Waals surface area contributed by atoms with Gasteiger partial charge in [-0.15, -0.1) is 0 Å². The summed E-state index contributed by atoms with van der Waals surface area (Å²) >= 11 is 0. The molecule has 1 fully saturated rings. The second-order valence-electron chi connectivity index (χ2n) is 5.43. The van der Waals surface area contributed by atoms with E-state index in [2.05, 4.69) is 52.1 Å². The van der Waals surface area contributed by atoms with Crippen molar-refractivity contribution in [3.63, 3.8) is 0 Å². The Morgan fingerprint density at radius 2 is 2.00 bits per heavy atom. The summed E-state index contributed by atoms with van der Waals surface area (Å²) in [7, 11) is 6.38. The number of nitrogens with one attached hydrogen (secondary N) is 1. The molecule has 0 aliphatic heterocycles. The quantitative estimate of drug-likeness (QED) is 0.696. The molecule has 0 heterocycles. The van der Waals surface area contributed by atoms with Crippen molar-refractivity contribution in [2.75, 3.05) is 21.1 Å². The van der Waals surface area contributed by atoms with Gasteiger partial charge in [0.05, 0.1) is 6.17 Å². The molecule has 2 nitrogen and oxygen atoms in total. The van der Waals surface area contributed by atoms with Crippen LogP contribution in [0, 0.1) is 17.3 Å². The Bertz CT molecular complexity index is 191. The monoisotopic (exact) mass is 198 g/mol. The van der Waals surface area contributed by atoms with E-state index in [1.165, 1.54) is 12.8 Å². The standard InChI is InChI=1S/C12H26N2/c1-9-7-8-12(9,3)10(2)11(13-4)14(5)6/h9-11,13H,7-8H2,1-6H3. The molecule has 0 radical (unpaired) electrons. The van der Waals surface area contributed by atoms with Crippen LogP contribution in [0.3, 0.4) is 0 Å². The first-order valence-corrected chi connectivity index (χ1v) is 5.77. The average Bonchev–Trinajstić information content (AvgIpc) is 2.14. The largest absolute Gasteiger partial charge is 0.305 e. The van der Waals surface area contributed by atoms with Crippen molar-refractivity contribution in [1.82, 2.24) is 10.2 Å². The van der Waals surface area contributed by atoms with E-state index >= 15 is 0 Å². The first-order chi connectivity index (χ1) is 6.43. The van der Waals surface area contributed by atoms with Crippen LogP contribution < -0.4 is 5.32 Å². The zero-order valence-corrected chi connectivity index (χ0v) is 10.6. The lowest BCUT2D eigenvalue weighted by Crippen LogP contribution is -2.54. The maximum Gasteiger partial charge on any atom is 0.0621 e. The Labute approximate surface area is 89.1 Å². The second kappa shape index (κ2) is 4.19. The predicted molar refractivity (Wildman–Crippen MR) is 62.2 cm³/mol. The summed E-state index contributed by atoms with van der Waals surface area (Å²) < 4.78 is 0. The summed E-state index contributed by atoms with van der Waals surface area (Å²) in [5.41, 5.74) is 0.540. The summed E-state index contributed by atoms with van der Waals surface area (Å²) in [6.45, 7) is 7.22. The summed E-state index contributed by atoms with van der Waals surface area (Å²) in [6.07, 6.45) is 3.30. The van der Waals surface area contributed by atoms with Crippen LogP contribution in [0.15, 0.2) is 0 Å². The molecule has 4 atom stereocenters. The Hall–Kier alpha value is -0.0800. The Kier molecular flexibility index (Phi) is 3.59. The van der Waals surface area contributed by atoms with Gasteiger partial charge in [0.1, 0.15) is 0 Å². The lowest BCUT2D eigenvalue weighted by Gasteiger charge is -2.53. The van der Waals surface area contributed by atoms with Crippen molar-refractivity contribution in [1.29, 1.82) is 0 Å². The van der Waals surface area contributed by atoms with Crippen LogP contribution in [0.1, 0.15) is 33.6 Å². The van der Waals surface area contributed by atoms with Gasteiger partial charge in [-0.2, -0.15) is 0 Å². The first kappa shape index (κ1) is 12.0. The van der Waals surface area contributed by atoms with Crippen LogP contribution in [-0.4, -0.2) is 32.2 Å². The minimum Gasteiger partial charge on any atom is -0.305 e. The fraction of sp³-hybridized carbons (Fsp3) is 1.00. The lowest BCUT2D eigenvalue weighted by atomic mass is 9.55. The molecule has 2 heteroatoms. The van der Waals surface area contributed by atoms with Crippen molar-refractivity contribution in [3.8, 4) is 0 Å². The van der Waals surface area contributed by atoms with E-state index in [0.29, 0.717) is 17.5 Å². The van der Waals surface area contributed by atoms with Gasteiger partial charge >= 0.3 is 0 Å². The third-order valence-corrected chi connectivity index (χ3v) is 4.61. The van der Waals surface area contributed by atoms with E-state index < -0.39 is 0 Å². The van der Waals surface area contributed by atoms with Gasteiger partial charge < -0.3 is 5.32 Å². The van der Waals surface area contributed by atoms with Crippen LogP contribution >= 0.6 is 0 Å². The van der Waals surface area contributed by atoms with Crippen LogP contribution in [0.2, 0.25) is 0 Å². The topological polar surface area (TPSA) is 15.3 Å². The van der Waals surface area contributed by atoms with Crippen molar-refractivity contribution in [2.45, 2.75) is 39.8 Å². The fourth-order valence-corrected chi connectivity index (χ4v) is 2.88. The summed E-state index contributed by atoms with van der Waals surface area (Å²) in [4.78, 5) is 2.29. The van der Waals surface area contributed by atoms with Crippen LogP contribution in [0.25, 0.3) is 0 Å². The summed E-state index contributed by atoms with van der Waals surface area (Å²) in [5.74, 6) is 1.60. The third kappa shape index (κ3) is 1.82. The van der Waals surface area contributed by atoms with E-state index in [9.17, 15) is 0 Å². The molecule has 4 unspecified atom stereocenters. The minimum atomic E-state index is 0.503. The van der Waals surface area contributed by atoms with E-state index in [0.717, 1.165) is 5.92 Å². The van der Waals surface area contributed by atoms with Gasteiger partial charge in [0.25, 0.3) is 0 Å². The summed E-state index contributed by atoms with van der Waals surface area (Å²) in [5, 5.41) is 3.42. The van der Waals surface area contributed by atoms with Crippen molar-refractivity contribution in [2.24, 2.45) is 17.3 Å². The third-order valence-electron chi connectivity index (χ3n) is 4.61. The molecule has 1 saturated carbocycles. The number of hydrogen-bond donors (Lipinski definition) is 1. The summed E-state index contributed by atoms with van der Waals surface area (Å²) in [6, 6.07) is 0. The molecular formula is C12H26N2. The SMILES string of the molecule is CNC(C(C)C1(C)CCC1C)N(C)C. The minimum absolute atomic E-state index is 0.503. The number of hydrogen-bond acceptors (Lipinski definition) is 2. The second-order valence-corrected chi connectivity index (χ2v) is 5.43. The highest BCUT2D eigenvalue weighted by Gasteiger charge is 2.46. The molecular weight excluding hydrogens is 172 g/mol. The first-order valence-electron chi connectivity index (χ1n) is 5.77. The van der Waals surface area contributed by atoms with Crippen molar-refractivity contribution >= 4 is 0 Å². The van der Waals surface area contributed by atoms with E-state index in [1.807, 2.05) is 0 Å². The zero-order valence-electron chi connectivity index (χ0n) is 10.6. The van der Waals surface area contributed by atoms with Gasteiger partial charge in [-0.1, -0.05) is 20.8 Å². The van der Waals surface area contributed by atoms with Gasteiger partial charge in [0.15, 0.2) is 0 Å². The number of rotatable bonds is 4. The fourth-order valence-electron chi connectivity index (χ4n) is 2.88. The highest BCUT2D eigenvalue weighted by Crippen LogP contribution is 2.52. The van der Waals surface area contributed by atoms with E-state index in [1.54, 1.807) is 0 Å². The van der Waals surface area contributed by atoms with E-state index in [-0.39, 0.29) is 0 Å². The molecule has 1 aliphatic rings. The Morgan fingerprint density at radius 1 is 1.43 bits per heavy atom. The lowest BCUT2D eigenvalue weighted by molar-refractivity contribution is -0.0364. The van der Waals surface area contributed by atoms with Gasteiger partial charge in [-0.05, 0) is 51.2 Å². The van der Waals surface area contributed by atoms with E-state index in [4.69, 9.17) is 0 Å². The van der Waals surface area contributed by atoms with Gasteiger partial charge in [0, 0.05) is 0 Å². The highest BCUT2D eigenvalue weighted by molar-refractivity contribution is 4.96. The molecule has 1 rings (SSSR count). The maximum absolute atomic E-state index is 3.42. The molecule has 84 valence electrons. The smallest absolute Gasteiger partial charge is 0.0621 e. The molecule has 0 aromatic heterocycles. The van der Waals surface area contributed by atoms with Gasteiger partial charge in [0.2, 0.25) is 0 Å². The van der Waals surface area contributed by atoms with Crippen LogP contribution in [-0.2, 0) is 0 Å². The number of nitrogens with zero attached hydrogens (tertiary/aromatic N) is 1. The van der Waals surface area contributed by atoms with Gasteiger partial charge in [-0.25, -0.2) is 0 Å². The van der Waals surface area contributed by atoms with Crippen LogP contribution in [0.5, 0.6) is 0 Å². The van der Waals surface area contributed by atoms with Gasteiger partial charge in [-0.3, -0.25) is 4.90 Å². The molecule has 14 heavy (non-hydrogen) atoms. The molecule has 0 aromatic rings. The van der Waals surface area contributed by atoms with Crippen LogP contribution in [0.4, 0.5) is 0 Å². The maximum atomic E-state index is 3.42. The Balaban J connectivity index is 2.67. The predicted octanol–water partition coefficient (Wildman–Crippen LogP) is 2.17.